The average molecular weight is 423 g/mol. The standard InChI is InChI=1S/C22H21N3O6/c1-13(26)15-3-2-4-16(10-15)23-20(27)8-6-17-21(28)25(22(29)24-17)11-14-5-7-18-19(9-14)31-12-30-18/h2-5,7,9-10,17H,6,8,11-12H2,1H3,(H,23,27)(H,24,29)/t17-/m0/s1. The summed E-state index contributed by atoms with van der Waals surface area (Å²) in [4.78, 5) is 49.8. The highest BCUT2D eigenvalue weighted by Gasteiger charge is 2.38. The van der Waals surface area contributed by atoms with Gasteiger partial charge in [0.2, 0.25) is 12.7 Å². The molecule has 0 radical (unpaired) electrons. The van der Waals surface area contributed by atoms with Crippen LogP contribution in [0.5, 0.6) is 11.5 Å². The summed E-state index contributed by atoms with van der Waals surface area (Å²) >= 11 is 0. The van der Waals surface area contributed by atoms with Gasteiger partial charge in [-0.3, -0.25) is 19.3 Å². The summed E-state index contributed by atoms with van der Waals surface area (Å²) in [7, 11) is 0. The molecule has 0 unspecified atom stereocenters. The Hall–Kier alpha value is -3.88. The van der Waals surface area contributed by atoms with E-state index in [1.54, 1.807) is 42.5 Å². The highest BCUT2D eigenvalue weighted by molar-refractivity contribution is 6.04. The number of benzene rings is 2. The van der Waals surface area contributed by atoms with Gasteiger partial charge in [0, 0.05) is 17.7 Å². The molecule has 2 aromatic carbocycles. The zero-order valence-corrected chi connectivity index (χ0v) is 16.8. The molecule has 1 atom stereocenters. The third-order valence-electron chi connectivity index (χ3n) is 5.10. The molecule has 2 N–H and O–H groups in total. The van der Waals surface area contributed by atoms with E-state index in [-0.39, 0.29) is 43.8 Å². The van der Waals surface area contributed by atoms with Crippen LogP contribution in [0.4, 0.5) is 10.5 Å². The molecule has 2 heterocycles. The molecule has 0 saturated carbocycles. The number of amides is 4. The predicted octanol–water partition coefficient (Wildman–Crippen LogP) is 2.46. The molecule has 31 heavy (non-hydrogen) atoms. The molecule has 1 fully saturated rings. The topological polar surface area (TPSA) is 114 Å². The summed E-state index contributed by atoms with van der Waals surface area (Å²) in [5.74, 6) is 0.411. The molecular formula is C22H21N3O6. The van der Waals surface area contributed by atoms with Crippen LogP contribution in [-0.2, 0) is 16.1 Å². The van der Waals surface area contributed by atoms with Gasteiger partial charge in [0.25, 0.3) is 5.91 Å². The fraction of sp³-hybridized carbons (Fsp3) is 0.273. The van der Waals surface area contributed by atoms with Crippen molar-refractivity contribution in [2.24, 2.45) is 0 Å². The van der Waals surface area contributed by atoms with Gasteiger partial charge in [-0.15, -0.1) is 0 Å². The molecule has 9 heteroatoms. The van der Waals surface area contributed by atoms with Crippen LogP contribution in [0.15, 0.2) is 42.5 Å². The Labute approximate surface area is 178 Å². The van der Waals surface area contributed by atoms with Gasteiger partial charge in [-0.25, -0.2) is 4.79 Å². The number of nitrogens with one attached hydrogen (secondary N) is 2. The van der Waals surface area contributed by atoms with Crippen molar-refractivity contribution in [2.75, 3.05) is 12.1 Å². The number of rotatable bonds is 7. The van der Waals surface area contributed by atoms with E-state index in [1.165, 1.54) is 6.92 Å². The van der Waals surface area contributed by atoms with Crippen molar-refractivity contribution in [3.8, 4) is 11.5 Å². The van der Waals surface area contributed by atoms with E-state index in [0.29, 0.717) is 22.7 Å². The van der Waals surface area contributed by atoms with Crippen LogP contribution in [0.3, 0.4) is 0 Å². The Kier molecular flexibility index (Phi) is 5.57. The fourth-order valence-electron chi connectivity index (χ4n) is 3.46. The average Bonchev–Trinajstić information content (AvgIpc) is 3.32. The second-order valence-electron chi connectivity index (χ2n) is 7.34. The molecule has 4 rings (SSSR count). The number of imide groups is 1. The van der Waals surface area contributed by atoms with Gasteiger partial charge in [0.15, 0.2) is 17.3 Å². The summed E-state index contributed by atoms with van der Waals surface area (Å²) in [5.41, 5.74) is 1.73. The summed E-state index contributed by atoms with van der Waals surface area (Å²) in [6, 6.07) is 10.6. The maximum absolute atomic E-state index is 12.7. The predicted molar refractivity (Wildman–Crippen MR) is 110 cm³/mol. The highest BCUT2D eigenvalue weighted by Crippen LogP contribution is 2.33. The minimum atomic E-state index is -0.768. The molecule has 0 bridgehead atoms. The van der Waals surface area contributed by atoms with Crippen LogP contribution < -0.4 is 20.1 Å². The van der Waals surface area contributed by atoms with Gasteiger partial charge in [0.1, 0.15) is 6.04 Å². The second kappa shape index (κ2) is 8.47. The van der Waals surface area contributed by atoms with E-state index >= 15 is 0 Å². The number of ether oxygens (including phenoxy) is 2. The van der Waals surface area contributed by atoms with E-state index < -0.39 is 12.1 Å². The van der Waals surface area contributed by atoms with Gasteiger partial charge in [-0.05, 0) is 43.2 Å². The Balaban J connectivity index is 1.32. The molecule has 0 aromatic heterocycles. The SMILES string of the molecule is CC(=O)c1cccc(NC(=O)CC[C@@H]2NC(=O)N(Cc3ccc4c(c3)OCO4)C2=O)c1. The lowest BCUT2D eigenvalue weighted by Crippen LogP contribution is -2.31. The maximum atomic E-state index is 12.7. The number of urea groups is 1. The first-order valence-corrected chi connectivity index (χ1v) is 9.82. The minimum absolute atomic E-state index is 0.0405. The van der Waals surface area contributed by atoms with Crippen molar-refractivity contribution in [1.29, 1.82) is 0 Å². The first kappa shape index (κ1) is 20.4. The van der Waals surface area contributed by atoms with Crippen molar-refractivity contribution in [3.05, 3.63) is 53.6 Å². The number of hydrogen-bond donors (Lipinski definition) is 2. The Morgan fingerprint density at radius 3 is 2.74 bits per heavy atom. The van der Waals surface area contributed by atoms with Crippen molar-refractivity contribution >= 4 is 29.3 Å². The summed E-state index contributed by atoms with van der Waals surface area (Å²) in [6.07, 6.45) is 0.208. The molecule has 2 aliphatic rings. The van der Waals surface area contributed by atoms with Crippen LogP contribution in [0.25, 0.3) is 0 Å². The largest absolute Gasteiger partial charge is 0.454 e. The van der Waals surface area contributed by atoms with Crippen LogP contribution in [0.1, 0.15) is 35.7 Å². The lowest BCUT2D eigenvalue weighted by Gasteiger charge is -2.13. The van der Waals surface area contributed by atoms with E-state index in [4.69, 9.17) is 9.47 Å². The smallest absolute Gasteiger partial charge is 0.325 e. The van der Waals surface area contributed by atoms with Crippen molar-refractivity contribution in [1.82, 2.24) is 10.2 Å². The van der Waals surface area contributed by atoms with E-state index in [1.807, 2.05) is 0 Å². The fourth-order valence-corrected chi connectivity index (χ4v) is 3.46. The number of carbonyl (C=O) groups is 4. The van der Waals surface area contributed by atoms with Crippen LogP contribution in [0.2, 0.25) is 0 Å². The lowest BCUT2D eigenvalue weighted by atomic mass is 10.1. The summed E-state index contributed by atoms with van der Waals surface area (Å²) < 4.78 is 10.6. The van der Waals surface area contributed by atoms with Gasteiger partial charge in [-0.1, -0.05) is 18.2 Å². The van der Waals surface area contributed by atoms with E-state index in [0.717, 1.165) is 10.5 Å². The van der Waals surface area contributed by atoms with Crippen molar-refractivity contribution < 1.29 is 28.7 Å². The first-order chi connectivity index (χ1) is 14.9. The number of fused-ring (bicyclic) bond motifs is 1. The first-order valence-electron chi connectivity index (χ1n) is 9.82. The monoisotopic (exact) mass is 423 g/mol. The van der Waals surface area contributed by atoms with Gasteiger partial charge >= 0.3 is 6.03 Å². The number of Topliss-reactive ketones (excluding diaryl/α,β-unsaturated/α-hetero) is 1. The summed E-state index contributed by atoms with van der Waals surface area (Å²) in [5, 5.41) is 5.33. The molecular weight excluding hydrogens is 402 g/mol. The number of carbonyl (C=O) groups excluding carboxylic acids is 4. The number of ketones is 1. The second-order valence-corrected chi connectivity index (χ2v) is 7.34. The van der Waals surface area contributed by atoms with Gasteiger partial charge < -0.3 is 20.1 Å². The third-order valence-corrected chi connectivity index (χ3v) is 5.10. The normalized spacial score (nSPS) is 16.9. The van der Waals surface area contributed by atoms with E-state index in [2.05, 4.69) is 10.6 Å². The van der Waals surface area contributed by atoms with Crippen LogP contribution >= 0.6 is 0 Å². The molecule has 1 saturated heterocycles. The van der Waals surface area contributed by atoms with E-state index in [9.17, 15) is 19.2 Å². The number of hydrogen-bond acceptors (Lipinski definition) is 6. The Morgan fingerprint density at radius 2 is 1.94 bits per heavy atom. The lowest BCUT2D eigenvalue weighted by molar-refractivity contribution is -0.128. The van der Waals surface area contributed by atoms with Crippen molar-refractivity contribution in [3.63, 3.8) is 0 Å². The third kappa shape index (κ3) is 4.50. The number of nitrogens with zero attached hydrogens (tertiary/aromatic N) is 1. The Bertz CT molecular complexity index is 1070. The molecule has 2 aromatic rings. The van der Waals surface area contributed by atoms with Crippen molar-refractivity contribution in [2.45, 2.75) is 32.4 Å². The molecule has 160 valence electrons. The van der Waals surface area contributed by atoms with Crippen LogP contribution in [-0.4, -0.2) is 41.4 Å². The van der Waals surface area contributed by atoms with Gasteiger partial charge in [0.05, 0.1) is 6.54 Å². The molecule has 4 amide bonds. The number of anilines is 1. The Morgan fingerprint density at radius 1 is 1.13 bits per heavy atom. The van der Waals surface area contributed by atoms with Gasteiger partial charge in [-0.2, -0.15) is 0 Å². The van der Waals surface area contributed by atoms with Crippen LogP contribution in [0, 0.1) is 0 Å². The molecule has 0 aliphatic carbocycles. The molecule has 9 nitrogen and oxygen atoms in total. The molecule has 0 spiro atoms. The zero-order chi connectivity index (χ0) is 22.0. The summed E-state index contributed by atoms with van der Waals surface area (Å²) in [6.45, 7) is 1.69. The quantitative estimate of drug-likeness (QED) is 0.522. The highest BCUT2D eigenvalue weighted by atomic mass is 16.7. The molecule has 2 aliphatic heterocycles. The minimum Gasteiger partial charge on any atom is -0.454 e. The zero-order valence-electron chi connectivity index (χ0n) is 16.8. The maximum Gasteiger partial charge on any atom is 0.325 e.